The molecular formula is C11H11N3O2S. The number of rotatable bonds is 2. The van der Waals surface area contributed by atoms with E-state index in [4.69, 9.17) is 4.52 Å². The first kappa shape index (κ1) is 10.5. The Bertz CT molecular complexity index is 495. The van der Waals surface area contributed by atoms with E-state index in [1.807, 2.05) is 22.4 Å². The van der Waals surface area contributed by atoms with Gasteiger partial charge in [-0.15, -0.1) is 11.3 Å². The number of hydrogen-bond donors (Lipinski definition) is 0. The highest BCUT2D eigenvalue weighted by Crippen LogP contribution is 2.26. The third-order valence-corrected chi connectivity index (χ3v) is 3.81. The van der Waals surface area contributed by atoms with Gasteiger partial charge in [-0.25, -0.2) is 0 Å². The zero-order valence-corrected chi connectivity index (χ0v) is 9.89. The summed E-state index contributed by atoms with van der Waals surface area (Å²) in [5.41, 5.74) is 0. The Labute approximate surface area is 102 Å². The Morgan fingerprint density at radius 2 is 2.53 bits per heavy atom. The number of hydrogen-bond acceptors (Lipinski definition) is 5. The van der Waals surface area contributed by atoms with Crippen LogP contribution < -0.4 is 0 Å². The van der Waals surface area contributed by atoms with E-state index in [-0.39, 0.29) is 11.8 Å². The van der Waals surface area contributed by atoms with Crippen LogP contribution in [0, 0.1) is 0 Å². The van der Waals surface area contributed by atoms with Gasteiger partial charge in [-0.1, -0.05) is 11.2 Å². The lowest BCUT2D eigenvalue weighted by Gasteiger charge is -2.14. The van der Waals surface area contributed by atoms with Gasteiger partial charge in [-0.2, -0.15) is 4.98 Å². The molecule has 17 heavy (non-hydrogen) atoms. The minimum atomic E-state index is 0.103. The fourth-order valence-electron chi connectivity index (χ4n) is 2.07. The first-order valence-corrected chi connectivity index (χ1v) is 6.31. The first-order chi connectivity index (χ1) is 8.34. The SMILES string of the molecule is O=C(c1cccs1)N1CC[C@@H](c2ncon2)C1. The second kappa shape index (κ2) is 4.29. The highest BCUT2D eigenvalue weighted by atomic mass is 32.1. The third kappa shape index (κ3) is 1.95. The number of likely N-dealkylation sites (tertiary alicyclic amines) is 1. The van der Waals surface area contributed by atoms with Crippen molar-refractivity contribution in [1.82, 2.24) is 15.0 Å². The summed E-state index contributed by atoms with van der Waals surface area (Å²) in [6.45, 7) is 1.44. The molecule has 2 aromatic rings. The van der Waals surface area contributed by atoms with E-state index in [0.29, 0.717) is 12.4 Å². The fraction of sp³-hybridized carbons (Fsp3) is 0.364. The van der Waals surface area contributed by atoms with Gasteiger partial charge >= 0.3 is 0 Å². The lowest BCUT2D eigenvalue weighted by Crippen LogP contribution is -2.27. The molecule has 1 aliphatic heterocycles. The number of amides is 1. The molecule has 0 saturated carbocycles. The van der Waals surface area contributed by atoms with Crippen molar-refractivity contribution in [3.8, 4) is 0 Å². The average molecular weight is 249 g/mol. The maximum atomic E-state index is 12.1. The first-order valence-electron chi connectivity index (χ1n) is 5.43. The van der Waals surface area contributed by atoms with Crippen LogP contribution in [-0.4, -0.2) is 34.0 Å². The van der Waals surface area contributed by atoms with Crippen molar-refractivity contribution >= 4 is 17.2 Å². The van der Waals surface area contributed by atoms with Crippen molar-refractivity contribution in [2.45, 2.75) is 12.3 Å². The molecule has 1 fully saturated rings. The summed E-state index contributed by atoms with van der Waals surface area (Å²) >= 11 is 1.48. The van der Waals surface area contributed by atoms with E-state index in [0.717, 1.165) is 17.8 Å². The number of carbonyl (C=O) groups is 1. The highest BCUT2D eigenvalue weighted by Gasteiger charge is 2.30. The van der Waals surface area contributed by atoms with Gasteiger partial charge in [0.05, 0.1) is 4.88 Å². The zero-order chi connectivity index (χ0) is 11.7. The van der Waals surface area contributed by atoms with Crippen LogP contribution in [0.4, 0.5) is 0 Å². The van der Waals surface area contributed by atoms with Crippen molar-refractivity contribution in [3.63, 3.8) is 0 Å². The summed E-state index contributed by atoms with van der Waals surface area (Å²) in [4.78, 5) is 18.8. The van der Waals surface area contributed by atoms with Crippen molar-refractivity contribution in [1.29, 1.82) is 0 Å². The van der Waals surface area contributed by atoms with E-state index in [1.165, 1.54) is 17.7 Å². The Hall–Kier alpha value is -1.69. The van der Waals surface area contributed by atoms with Crippen LogP contribution in [0.3, 0.4) is 0 Å². The van der Waals surface area contributed by atoms with Gasteiger partial charge < -0.3 is 9.42 Å². The van der Waals surface area contributed by atoms with Crippen LogP contribution in [0.25, 0.3) is 0 Å². The second-order valence-electron chi connectivity index (χ2n) is 4.00. The van der Waals surface area contributed by atoms with Gasteiger partial charge in [-0.3, -0.25) is 4.79 Å². The quantitative estimate of drug-likeness (QED) is 0.813. The summed E-state index contributed by atoms with van der Waals surface area (Å²) in [7, 11) is 0. The number of nitrogens with zero attached hydrogens (tertiary/aromatic N) is 3. The van der Waals surface area contributed by atoms with Crippen molar-refractivity contribution in [2.75, 3.05) is 13.1 Å². The van der Waals surface area contributed by atoms with Gasteiger partial charge in [0.15, 0.2) is 5.82 Å². The summed E-state index contributed by atoms with van der Waals surface area (Å²) in [5, 5.41) is 5.75. The molecule has 1 atom stereocenters. The molecule has 6 heteroatoms. The summed E-state index contributed by atoms with van der Waals surface area (Å²) in [6, 6.07) is 3.75. The minimum absolute atomic E-state index is 0.103. The van der Waals surface area contributed by atoms with Crippen molar-refractivity contribution in [2.24, 2.45) is 0 Å². The maximum Gasteiger partial charge on any atom is 0.263 e. The summed E-state index contributed by atoms with van der Waals surface area (Å²) < 4.78 is 4.73. The van der Waals surface area contributed by atoms with Gasteiger partial charge in [-0.05, 0) is 17.9 Å². The molecule has 3 heterocycles. The van der Waals surface area contributed by atoms with Crippen LogP contribution in [0.1, 0.15) is 27.8 Å². The smallest absolute Gasteiger partial charge is 0.263 e. The predicted molar refractivity (Wildman–Crippen MR) is 61.9 cm³/mol. The molecule has 1 amide bonds. The molecular weight excluding hydrogens is 238 g/mol. The van der Waals surface area contributed by atoms with Crippen LogP contribution in [0.2, 0.25) is 0 Å². The van der Waals surface area contributed by atoms with Gasteiger partial charge in [0, 0.05) is 19.0 Å². The minimum Gasteiger partial charge on any atom is -0.343 e. The van der Waals surface area contributed by atoms with Crippen LogP contribution >= 0.6 is 11.3 Å². The molecule has 0 unspecified atom stereocenters. The lowest BCUT2D eigenvalue weighted by atomic mass is 10.1. The number of carbonyl (C=O) groups excluding carboxylic acids is 1. The molecule has 0 radical (unpaired) electrons. The lowest BCUT2D eigenvalue weighted by molar-refractivity contribution is 0.0795. The zero-order valence-electron chi connectivity index (χ0n) is 9.07. The summed E-state index contributed by atoms with van der Waals surface area (Å²) in [5.74, 6) is 1.01. The Balaban J connectivity index is 1.70. The molecule has 1 aliphatic rings. The van der Waals surface area contributed by atoms with Crippen molar-refractivity contribution < 1.29 is 9.32 Å². The fourth-order valence-corrected chi connectivity index (χ4v) is 2.76. The van der Waals surface area contributed by atoms with E-state index in [1.54, 1.807) is 0 Å². The highest BCUT2D eigenvalue weighted by molar-refractivity contribution is 7.12. The molecule has 0 aromatic carbocycles. The second-order valence-corrected chi connectivity index (χ2v) is 4.95. The molecule has 3 rings (SSSR count). The molecule has 0 spiro atoms. The maximum absolute atomic E-state index is 12.1. The van der Waals surface area contributed by atoms with Crippen LogP contribution in [-0.2, 0) is 0 Å². The standard InChI is InChI=1S/C11H11N3O2S/c15-11(9-2-1-5-17-9)14-4-3-8(6-14)10-12-7-16-13-10/h1-2,5,7-8H,3-4,6H2/t8-/m1/s1. The molecule has 88 valence electrons. The molecule has 0 aliphatic carbocycles. The van der Waals surface area contributed by atoms with Gasteiger partial charge in [0.2, 0.25) is 6.39 Å². The van der Waals surface area contributed by atoms with Crippen LogP contribution in [0.15, 0.2) is 28.4 Å². The molecule has 5 nitrogen and oxygen atoms in total. The number of thiophene rings is 1. The summed E-state index contributed by atoms with van der Waals surface area (Å²) in [6.07, 6.45) is 2.23. The molecule has 0 N–H and O–H groups in total. The molecule has 0 bridgehead atoms. The Morgan fingerprint density at radius 3 is 3.24 bits per heavy atom. The van der Waals surface area contributed by atoms with Crippen LogP contribution in [0.5, 0.6) is 0 Å². The van der Waals surface area contributed by atoms with Gasteiger partial charge in [0.25, 0.3) is 5.91 Å². The normalized spacial score (nSPS) is 19.8. The topological polar surface area (TPSA) is 59.2 Å². The molecule has 2 aromatic heterocycles. The largest absolute Gasteiger partial charge is 0.343 e. The number of aromatic nitrogens is 2. The Kier molecular flexibility index (Phi) is 2.64. The average Bonchev–Trinajstić information content (AvgIpc) is 3.09. The molecule has 1 saturated heterocycles. The van der Waals surface area contributed by atoms with Gasteiger partial charge in [0.1, 0.15) is 0 Å². The predicted octanol–water partition coefficient (Wildman–Crippen LogP) is 1.76. The van der Waals surface area contributed by atoms with E-state index < -0.39 is 0 Å². The van der Waals surface area contributed by atoms with E-state index in [9.17, 15) is 4.79 Å². The van der Waals surface area contributed by atoms with Crippen molar-refractivity contribution in [3.05, 3.63) is 34.6 Å². The monoisotopic (exact) mass is 249 g/mol. The third-order valence-electron chi connectivity index (χ3n) is 2.95. The van der Waals surface area contributed by atoms with E-state index >= 15 is 0 Å². The Morgan fingerprint density at radius 1 is 1.59 bits per heavy atom. The van der Waals surface area contributed by atoms with E-state index in [2.05, 4.69) is 10.1 Å².